The van der Waals surface area contributed by atoms with Crippen molar-refractivity contribution in [2.24, 2.45) is 0 Å². The topological polar surface area (TPSA) is 69.0 Å². The molecule has 7 heteroatoms. The second-order valence-corrected chi connectivity index (χ2v) is 7.33. The lowest BCUT2D eigenvalue weighted by Crippen LogP contribution is -2.11. The summed E-state index contributed by atoms with van der Waals surface area (Å²) in [4.78, 5) is 16.6. The van der Waals surface area contributed by atoms with E-state index in [-0.39, 0.29) is 17.7 Å². The van der Waals surface area contributed by atoms with Gasteiger partial charge in [-0.05, 0) is 49.7 Å². The van der Waals surface area contributed by atoms with Gasteiger partial charge < -0.3 is 10.1 Å². The molecule has 1 heterocycles. The van der Waals surface area contributed by atoms with E-state index in [0.29, 0.717) is 24.4 Å². The van der Waals surface area contributed by atoms with Crippen LogP contribution in [0.4, 0.5) is 10.1 Å². The van der Waals surface area contributed by atoms with E-state index < -0.39 is 0 Å². The second kappa shape index (κ2) is 11.2. The number of nitrogens with zero attached hydrogens (tertiary/aromatic N) is 3. The maximum absolute atomic E-state index is 13.7. The number of carbonyl (C=O) groups excluding carboxylic acids is 1. The number of nitrogens with one attached hydrogen (secondary N) is 1. The normalized spacial score (nSPS) is 10.8. The highest BCUT2D eigenvalue weighted by Gasteiger charge is 2.15. The van der Waals surface area contributed by atoms with E-state index in [0.717, 1.165) is 24.2 Å². The van der Waals surface area contributed by atoms with Crippen LogP contribution >= 0.6 is 0 Å². The molecule has 0 bridgehead atoms. The first-order valence-corrected chi connectivity index (χ1v) is 10.9. The Labute approximate surface area is 182 Å². The standard InChI is InChI=1S/C24H29FN4O2/c1-3-5-6-7-8-12-22(30)26-20-13-15-21(16-14-20)29-23(27-24(28-29)31-4-2)18-10-9-11-19(25)17-18/h9-11,13-17H,3-8,12H2,1-2H3,(H,26,30). The van der Waals surface area contributed by atoms with E-state index in [9.17, 15) is 9.18 Å². The Balaban J connectivity index is 1.72. The van der Waals surface area contributed by atoms with Crippen LogP contribution in [-0.4, -0.2) is 27.3 Å². The Morgan fingerprint density at radius 1 is 1.06 bits per heavy atom. The van der Waals surface area contributed by atoms with E-state index in [1.54, 1.807) is 16.8 Å². The Morgan fingerprint density at radius 2 is 1.84 bits per heavy atom. The first kappa shape index (κ1) is 22.5. The molecule has 0 atom stereocenters. The van der Waals surface area contributed by atoms with Gasteiger partial charge in [0.05, 0.1) is 12.3 Å². The Hall–Kier alpha value is -3.22. The summed E-state index contributed by atoms with van der Waals surface area (Å²) >= 11 is 0. The van der Waals surface area contributed by atoms with Gasteiger partial charge in [-0.2, -0.15) is 4.98 Å². The average molecular weight is 425 g/mol. The molecule has 31 heavy (non-hydrogen) atoms. The zero-order valence-electron chi connectivity index (χ0n) is 18.1. The highest BCUT2D eigenvalue weighted by atomic mass is 19.1. The molecule has 1 aromatic heterocycles. The van der Waals surface area contributed by atoms with Crippen LogP contribution in [0, 0.1) is 5.82 Å². The van der Waals surface area contributed by atoms with Gasteiger partial charge in [-0.25, -0.2) is 9.07 Å². The summed E-state index contributed by atoms with van der Waals surface area (Å²) < 4.78 is 20.8. The summed E-state index contributed by atoms with van der Waals surface area (Å²) in [6.07, 6.45) is 6.09. The van der Waals surface area contributed by atoms with E-state index in [1.807, 2.05) is 31.2 Å². The van der Waals surface area contributed by atoms with Gasteiger partial charge in [-0.3, -0.25) is 4.79 Å². The number of carbonyl (C=O) groups is 1. The van der Waals surface area contributed by atoms with Gasteiger partial charge in [0.25, 0.3) is 0 Å². The Kier molecular flexibility index (Phi) is 8.15. The highest BCUT2D eigenvalue weighted by Crippen LogP contribution is 2.25. The molecule has 1 N–H and O–H groups in total. The number of amides is 1. The van der Waals surface area contributed by atoms with Crippen molar-refractivity contribution in [1.82, 2.24) is 14.8 Å². The molecule has 0 aliphatic carbocycles. The summed E-state index contributed by atoms with van der Waals surface area (Å²) in [5.74, 6) is 0.147. The van der Waals surface area contributed by atoms with Crippen molar-refractivity contribution in [2.45, 2.75) is 52.4 Å². The van der Waals surface area contributed by atoms with E-state index in [4.69, 9.17) is 4.74 Å². The number of aromatic nitrogens is 3. The fourth-order valence-electron chi connectivity index (χ4n) is 3.28. The third-order valence-electron chi connectivity index (χ3n) is 4.85. The van der Waals surface area contributed by atoms with Gasteiger partial charge in [0, 0.05) is 17.7 Å². The molecule has 0 aliphatic heterocycles. The summed E-state index contributed by atoms with van der Waals surface area (Å²) in [6, 6.07) is 13.7. The fourth-order valence-corrected chi connectivity index (χ4v) is 3.28. The van der Waals surface area contributed by atoms with Gasteiger partial charge in [-0.1, -0.05) is 44.7 Å². The lowest BCUT2D eigenvalue weighted by Gasteiger charge is -2.08. The minimum absolute atomic E-state index is 0.0177. The number of halogens is 1. The smallest absolute Gasteiger partial charge is 0.336 e. The molecule has 164 valence electrons. The van der Waals surface area contributed by atoms with Crippen LogP contribution in [0.25, 0.3) is 17.1 Å². The highest BCUT2D eigenvalue weighted by molar-refractivity contribution is 5.90. The van der Waals surface area contributed by atoms with E-state index in [1.165, 1.54) is 31.4 Å². The first-order valence-electron chi connectivity index (χ1n) is 10.9. The predicted molar refractivity (Wildman–Crippen MR) is 120 cm³/mol. The summed E-state index contributed by atoms with van der Waals surface area (Å²) in [5, 5.41) is 7.34. The third-order valence-corrected chi connectivity index (χ3v) is 4.85. The zero-order valence-corrected chi connectivity index (χ0v) is 18.1. The number of unbranched alkanes of at least 4 members (excludes halogenated alkanes) is 4. The van der Waals surface area contributed by atoms with Crippen molar-refractivity contribution >= 4 is 11.6 Å². The van der Waals surface area contributed by atoms with Crippen molar-refractivity contribution in [3.63, 3.8) is 0 Å². The lowest BCUT2D eigenvalue weighted by atomic mass is 10.1. The summed E-state index contributed by atoms with van der Waals surface area (Å²) in [7, 11) is 0. The van der Waals surface area contributed by atoms with Crippen LogP contribution < -0.4 is 10.1 Å². The summed E-state index contributed by atoms with van der Waals surface area (Å²) in [5.41, 5.74) is 2.05. The van der Waals surface area contributed by atoms with Gasteiger partial charge in [0.1, 0.15) is 5.82 Å². The van der Waals surface area contributed by atoms with Crippen molar-refractivity contribution in [3.8, 4) is 23.1 Å². The van der Waals surface area contributed by atoms with Gasteiger partial charge in [-0.15, -0.1) is 5.10 Å². The molecule has 0 fully saturated rings. The third kappa shape index (κ3) is 6.38. The monoisotopic (exact) mass is 424 g/mol. The molecule has 0 radical (unpaired) electrons. The maximum Gasteiger partial charge on any atom is 0.336 e. The fraction of sp³-hybridized carbons (Fsp3) is 0.375. The largest absolute Gasteiger partial charge is 0.463 e. The van der Waals surface area contributed by atoms with Crippen molar-refractivity contribution in [1.29, 1.82) is 0 Å². The molecule has 0 saturated heterocycles. The quantitative estimate of drug-likeness (QED) is 0.397. The molecule has 3 aromatic rings. The summed E-state index contributed by atoms with van der Waals surface area (Å²) in [6.45, 7) is 4.45. The molecule has 2 aromatic carbocycles. The SMILES string of the molecule is CCCCCCCC(=O)Nc1ccc(-n2nc(OCC)nc2-c2cccc(F)c2)cc1. The number of hydrogen-bond acceptors (Lipinski definition) is 4. The van der Waals surface area contributed by atoms with Crippen molar-refractivity contribution in [2.75, 3.05) is 11.9 Å². The minimum atomic E-state index is -0.349. The molecule has 0 spiro atoms. The molecule has 0 unspecified atom stereocenters. The van der Waals surface area contributed by atoms with Crippen LogP contribution in [0.3, 0.4) is 0 Å². The molecule has 3 rings (SSSR count). The van der Waals surface area contributed by atoms with Crippen LogP contribution in [0.15, 0.2) is 48.5 Å². The molecule has 1 amide bonds. The molecule has 6 nitrogen and oxygen atoms in total. The average Bonchev–Trinajstić information content (AvgIpc) is 3.18. The van der Waals surface area contributed by atoms with Gasteiger partial charge in [0.15, 0.2) is 5.82 Å². The Bertz CT molecular complexity index is 985. The molecular weight excluding hydrogens is 395 g/mol. The molecule has 0 aliphatic rings. The van der Waals surface area contributed by atoms with Gasteiger partial charge >= 0.3 is 6.01 Å². The number of benzene rings is 2. The predicted octanol–water partition coefficient (Wildman–Crippen LogP) is 5.77. The maximum atomic E-state index is 13.7. The first-order chi connectivity index (χ1) is 15.1. The Morgan fingerprint density at radius 3 is 2.55 bits per heavy atom. The van der Waals surface area contributed by atoms with Crippen molar-refractivity contribution < 1.29 is 13.9 Å². The second-order valence-electron chi connectivity index (χ2n) is 7.33. The van der Waals surface area contributed by atoms with E-state index >= 15 is 0 Å². The number of hydrogen-bond donors (Lipinski definition) is 1. The van der Waals surface area contributed by atoms with Crippen LogP contribution in [-0.2, 0) is 4.79 Å². The lowest BCUT2D eigenvalue weighted by molar-refractivity contribution is -0.116. The van der Waals surface area contributed by atoms with Crippen LogP contribution in [0.5, 0.6) is 6.01 Å². The zero-order chi connectivity index (χ0) is 22.1. The van der Waals surface area contributed by atoms with Crippen LogP contribution in [0.2, 0.25) is 0 Å². The van der Waals surface area contributed by atoms with E-state index in [2.05, 4.69) is 22.3 Å². The minimum Gasteiger partial charge on any atom is -0.463 e. The van der Waals surface area contributed by atoms with Crippen molar-refractivity contribution in [3.05, 3.63) is 54.3 Å². The number of rotatable bonds is 11. The molecule has 0 saturated carbocycles. The number of ether oxygens (including phenoxy) is 1. The van der Waals surface area contributed by atoms with Crippen LogP contribution in [0.1, 0.15) is 52.4 Å². The van der Waals surface area contributed by atoms with Gasteiger partial charge in [0.2, 0.25) is 5.91 Å². The number of anilines is 1. The molecular formula is C24H29FN4O2.